The third-order valence-corrected chi connectivity index (χ3v) is 9.10. The molecule has 4 rings (SSSR count). The van der Waals surface area contributed by atoms with Crippen LogP contribution in [-0.4, -0.2) is 3.81 Å². The van der Waals surface area contributed by atoms with E-state index in [9.17, 15) is 0 Å². The van der Waals surface area contributed by atoms with E-state index in [4.69, 9.17) is 18.6 Å². The van der Waals surface area contributed by atoms with Gasteiger partial charge in [0.15, 0.2) is 0 Å². The van der Waals surface area contributed by atoms with Gasteiger partial charge in [0.05, 0.1) is 0 Å². The predicted molar refractivity (Wildman–Crippen MR) is 126 cm³/mol. The van der Waals surface area contributed by atoms with Gasteiger partial charge in [-0.3, -0.25) is 0 Å². The molecule has 4 aromatic carbocycles. The zero-order valence-electron chi connectivity index (χ0n) is 17.5. The summed E-state index contributed by atoms with van der Waals surface area (Å²) in [6, 6.07) is 21.6. The van der Waals surface area contributed by atoms with Gasteiger partial charge in [0.2, 0.25) is 0 Å². The average Bonchev–Trinajstić information content (AvgIpc) is 3.21. The van der Waals surface area contributed by atoms with E-state index >= 15 is 0 Å². The van der Waals surface area contributed by atoms with Gasteiger partial charge in [-0.25, -0.2) is 0 Å². The van der Waals surface area contributed by atoms with E-state index in [0.717, 1.165) is 0 Å². The number of rotatable bonds is 0. The van der Waals surface area contributed by atoms with Gasteiger partial charge in [-0.05, 0) is 13.8 Å². The summed E-state index contributed by atoms with van der Waals surface area (Å²) in [6.07, 6.45) is 0. The summed E-state index contributed by atoms with van der Waals surface area (Å²) in [5.41, 5.74) is 5.53. The van der Waals surface area contributed by atoms with Crippen molar-refractivity contribution in [1.29, 1.82) is 0 Å². The second-order valence-corrected chi connectivity index (χ2v) is 13.7. The Labute approximate surface area is 182 Å². The summed E-state index contributed by atoms with van der Waals surface area (Å²) in [5, 5.41) is 5.57. The normalized spacial score (nSPS) is 10.1. The molecule has 0 aliphatic rings. The molecular weight excluding hydrogens is 419 g/mol. The molecular formula is C25H28Cl2Ti-2. The van der Waals surface area contributed by atoms with E-state index in [0.29, 0.717) is 0 Å². The molecule has 0 unspecified atom stereocenters. The molecule has 148 valence electrons. The van der Waals surface area contributed by atoms with Gasteiger partial charge >= 0.3 is 51.6 Å². The van der Waals surface area contributed by atoms with E-state index in [1.807, 2.05) is 13.8 Å². The van der Waals surface area contributed by atoms with Crippen molar-refractivity contribution in [2.24, 2.45) is 0 Å². The Balaban J connectivity index is 0.000000158. The minimum Gasteiger partial charge on any atom is -0.156 e. The fourth-order valence-electron chi connectivity index (χ4n) is 3.33. The van der Waals surface area contributed by atoms with Gasteiger partial charge in [0.25, 0.3) is 0 Å². The van der Waals surface area contributed by atoms with Crippen LogP contribution in [0.2, 0.25) is 0 Å². The molecule has 0 aromatic heterocycles. The third-order valence-electron chi connectivity index (χ3n) is 4.80. The fourth-order valence-corrected chi connectivity index (χ4v) is 3.33. The molecule has 3 heteroatoms. The van der Waals surface area contributed by atoms with Crippen LogP contribution in [0, 0.1) is 27.7 Å². The monoisotopic (exact) mass is 446 g/mol. The van der Waals surface area contributed by atoms with Crippen LogP contribution in [0.15, 0.2) is 60.7 Å². The molecule has 0 amide bonds. The van der Waals surface area contributed by atoms with Crippen LogP contribution < -0.4 is 0 Å². The minimum absolute atomic E-state index is 1.21. The summed E-state index contributed by atoms with van der Waals surface area (Å²) in [5.74, 6) is 0. The molecule has 0 spiro atoms. The predicted octanol–water partition coefficient (Wildman–Crippen LogP) is 8.48. The third kappa shape index (κ3) is 5.91. The van der Waals surface area contributed by atoms with Gasteiger partial charge in [0.1, 0.15) is 0 Å². The fraction of sp³-hybridized carbons (Fsp3) is 0.240. The Morgan fingerprint density at radius 1 is 0.679 bits per heavy atom. The number of hydrogen-bond donors (Lipinski definition) is 0. The van der Waals surface area contributed by atoms with Crippen molar-refractivity contribution in [3.63, 3.8) is 0 Å². The van der Waals surface area contributed by atoms with Gasteiger partial charge in [-0.1, -0.05) is 37.1 Å². The van der Waals surface area contributed by atoms with Crippen LogP contribution in [-0.2, 0) is 15.3 Å². The van der Waals surface area contributed by atoms with Crippen molar-refractivity contribution in [3.8, 4) is 0 Å². The molecule has 28 heavy (non-hydrogen) atoms. The van der Waals surface area contributed by atoms with E-state index in [1.54, 1.807) is 0 Å². The summed E-state index contributed by atoms with van der Waals surface area (Å²) in [4.78, 5) is 0. The topological polar surface area (TPSA) is 0 Å². The van der Waals surface area contributed by atoms with E-state index in [-0.39, 0.29) is 0 Å². The Morgan fingerprint density at radius 2 is 1.04 bits per heavy atom. The maximum atomic E-state index is 5.51. The van der Waals surface area contributed by atoms with E-state index in [1.165, 1.54) is 47.6 Å². The molecule has 4 aromatic rings. The quantitative estimate of drug-likeness (QED) is 0.187. The van der Waals surface area contributed by atoms with Crippen molar-refractivity contribution in [1.82, 2.24) is 0 Å². The molecule has 0 bridgehead atoms. The molecule has 0 heterocycles. The first-order chi connectivity index (χ1) is 13.2. The van der Waals surface area contributed by atoms with Gasteiger partial charge < -0.3 is 0 Å². The first kappa shape index (κ1) is 23.1. The zero-order chi connectivity index (χ0) is 20.8. The van der Waals surface area contributed by atoms with Crippen LogP contribution in [0.4, 0.5) is 0 Å². The molecule has 0 atom stereocenters. The molecule has 0 aliphatic heterocycles. The average molecular weight is 447 g/mol. The molecule has 0 saturated carbocycles. The van der Waals surface area contributed by atoms with Crippen molar-refractivity contribution in [2.75, 3.05) is 0 Å². The van der Waals surface area contributed by atoms with Gasteiger partial charge in [-0.2, -0.15) is 23.3 Å². The van der Waals surface area contributed by atoms with Crippen LogP contribution in [0.25, 0.3) is 21.5 Å². The maximum absolute atomic E-state index is 5.51. The molecule has 0 fully saturated rings. The van der Waals surface area contributed by atoms with Crippen LogP contribution in [0.1, 0.15) is 36.1 Å². The Kier molecular flexibility index (Phi) is 8.71. The second kappa shape index (κ2) is 10.6. The SMILES string of the molecule is C[C](C)=[Ti]([Cl])[Cl].Cc1cccc2[cH-]cc(C)c12.Cc1cccc2[cH-]cc(C)c12. The first-order valence-electron chi connectivity index (χ1n) is 9.44. The van der Waals surface area contributed by atoms with Crippen LogP contribution >= 0.6 is 18.6 Å². The van der Waals surface area contributed by atoms with Crippen molar-refractivity contribution in [2.45, 2.75) is 41.5 Å². The first-order valence-corrected chi connectivity index (χ1v) is 14.5. The number of hydrogen-bond acceptors (Lipinski definition) is 0. The molecule has 0 N–H and O–H groups in total. The maximum Gasteiger partial charge on any atom is -0.0488 e. The molecule has 0 aliphatic carbocycles. The van der Waals surface area contributed by atoms with Gasteiger partial charge in [0, 0.05) is 0 Å². The standard InChI is InChI=1S/2C11H11.C3H6.2ClH.Ti/c2*1-8-4-3-5-10-7-6-9(2)11(8)10;1-3-2;;;/h2*3-7H,1-2H3;1-2H3;2*1H;/q2*-1;;;;+2/p-2. The van der Waals surface area contributed by atoms with Crippen molar-refractivity contribution >= 4 is 44.0 Å². The van der Waals surface area contributed by atoms with Crippen molar-refractivity contribution < 1.29 is 15.3 Å². The number of benzene rings is 2. The van der Waals surface area contributed by atoms with Crippen LogP contribution in [0.5, 0.6) is 0 Å². The molecule has 0 nitrogen and oxygen atoms in total. The molecule has 0 saturated heterocycles. The summed E-state index contributed by atoms with van der Waals surface area (Å²) in [7, 11) is 11.0. The minimum atomic E-state index is -1.60. The van der Waals surface area contributed by atoms with Crippen LogP contribution in [0.3, 0.4) is 0 Å². The Hall–Kier alpha value is -1.18. The number of fused-ring (bicyclic) bond motifs is 2. The molecule has 0 radical (unpaired) electrons. The smallest absolute Gasteiger partial charge is 0.0488 e. The van der Waals surface area contributed by atoms with E-state index < -0.39 is 15.3 Å². The Bertz CT molecular complexity index is 1000. The largest absolute Gasteiger partial charge is 0.156 e. The number of aryl methyl sites for hydroxylation is 4. The second-order valence-electron chi connectivity index (χ2n) is 7.37. The van der Waals surface area contributed by atoms with Crippen molar-refractivity contribution in [3.05, 3.63) is 82.9 Å². The number of halogens is 2. The summed E-state index contributed by atoms with van der Waals surface area (Å²) in [6.45, 7) is 12.6. The summed E-state index contributed by atoms with van der Waals surface area (Å²) >= 11 is -1.60. The Morgan fingerprint density at radius 3 is 1.32 bits per heavy atom. The van der Waals surface area contributed by atoms with E-state index in [2.05, 4.69) is 88.4 Å². The zero-order valence-corrected chi connectivity index (χ0v) is 20.6. The van der Waals surface area contributed by atoms with Gasteiger partial charge in [-0.15, -0.1) is 57.9 Å². The summed E-state index contributed by atoms with van der Waals surface area (Å²) < 4.78 is 1.21.